The summed E-state index contributed by atoms with van der Waals surface area (Å²) in [4.78, 5) is 0. The van der Waals surface area contributed by atoms with E-state index in [9.17, 15) is 0 Å². The third-order valence-corrected chi connectivity index (χ3v) is 3.53. The monoisotopic (exact) mass is 309 g/mol. The number of rotatable bonds is 15. The first-order valence-electron chi connectivity index (χ1n) is 8.34. The maximum absolute atomic E-state index is 8.64. The van der Waals surface area contributed by atoms with E-state index >= 15 is 0 Å². The number of aliphatic hydroxyl groups excluding tert-OH is 1. The van der Waals surface area contributed by atoms with Gasteiger partial charge in [0.1, 0.15) is 0 Å². The number of hydrogen-bond donors (Lipinski definition) is 3. The van der Waals surface area contributed by atoms with E-state index < -0.39 is 6.29 Å². The van der Waals surface area contributed by atoms with Crippen molar-refractivity contribution in [2.45, 2.75) is 90.3 Å². The Morgan fingerprint density at radius 2 is 1.10 bits per heavy atom. The fourth-order valence-electron chi connectivity index (χ4n) is 2.32. The second-order valence-corrected chi connectivity index (χ2v) is 5.57. The molecule has 0 bridgehead atoms. The van der Waals surface area contributed by atoms with Crippen molar-refractivity contribution >= 4 is 12.4 Å². The molecule has 4 heteroatoms. The van der Waals surface area contributed by atoms with E-state index in [2.05, 4.69) is 12.2 Å². The van der Waals surface area contributed by atoms with Crippen molar-refractivity contribution in [2.75, 3.05) is 13.1 Å². The molecule has 3 nitrogen and oxygen atoms in total. The van der Waals surface area contributed by atoms with Crippen molar-refractivity contribution in [1.82, 2.24) is 5.32 Å². The molecule has 124 valence electrons. The van der Waals surface area contributed by atoms with Crippen LogP contribution in [0, 0.1) is 0 Å². The molecular weight excluding hydrogens is 274 g/mol. The zero-order valence-electron chi connectivity index (χ0n) is 13.3. The van der Waals surface area contributed by atoms with Gasteiger partial charge in [-0.1, -0.05) is 77.6 Å². The fourth-order valence-corrected chi connectivity index (χ4v) is 2.32. The Kier molecular flexibility index (Phi) is 21.5. The summed E-state index contributed by atoms with van der Waals surface area (Å²) in [5.41, 5.74) is 0. The second-order valence-electron chi connectivity index (χ2n) is 5.57. The van der Waals surface area contributed by atoms with Crippen molar-refractivity contribution in [3.63, 3.8) is 0 Å². The van der Waals surface area contributed by atoms with Gasteiger partial charge >= 0.3 is 0 Å². The molecule has 0 saturated heterocycles. The molecule has 0 amide bonds. The number of unbranched alkanes of at least 4 members (excludes halogenated alkanes) is 11. The van der Waals surface area contributed by atoms with E-state index in [-0.39, 0.29) is 19.0 Å². The van der Waals surface area contributed by atoms with E-state index in [0.29, 0.717) is 0 Å². The van der Waals surface area contributed by atoms with E-state index in [1.807, 2.05) is 0 Å². The summed E-state index contributed by atoms with van der Waals surface area (Å²) in [5.74, 6) is 0. The summed E-state index contributed by atoms with van der Waals surface area (Å²) in [7, 11) is 0. The van der Waals surface area contributed by atoms with Gasteiger partial charge < -0.3 is 15.5 Å². The largest absolute Gasteiger partial charge is 0.367 e. The minimum atomic E-state index is -1.21. The lowest BCUT2D eigenvalue weighted by Gasteiger charge is -2.06. The van der Waals surface area contributed by atoms with Crippen LogP contribution in [0.25, 0.3) is 0 Å². The van der Waals surface area contributed by atoms with Crippen LogP contribution in [0.15, 0.2) is 0 Å². The number of halogens is 1. The summed E-state index contributed by atoms with van der Waals surface area (Å²) >= 11 is 0. The second kappa shape index (κ2) is 19.2. The maximum atomic E-state index is 8.64. The standard InChI is InChI=1S/C16H35NO2.ClH/c1-2-3-4-5-6-7-8-9-10-11-12-13-14-17-15-16(18)19;/h16-19H,2-15H2,1H3;1H. The molecule has 3 N–H and O–H groups in total. The molecule has 0 heterocycles. The molecule has 0 saturated carbocycles. The van der Waals surface area contributed by atoms with Crippen molar-refractivity contribution in [3.05, 3.63) is 0 Å². The van der Waals surface area contributed by atoms with E-state index in [1.54, 1.807) is 0 Å². The van der Waals surface area contributed by atoms with E-state index in [0.717, 1.165) is 13.0 Å². The normalized spacial score (nSPS) is 10.8. The highest BCUT2D eigenvalue weighted by atomic mass is 35.5. The van der Waals surface area contributed by atoms with Crippen LogP contribution in [-0.2, 0) is 0 Å². The van der Waals surface area contributed by atoms with Gasteiger partial charge in [-0.15, -0.1) is 12.4 Å². The average Bonchev–Trinajstić information content (AvgIpc) is 2.39. The Labute approximate surface area is 132 Å². The lowest BCUT2D eigenvalue weighted by Crippen LogP contribution is -2.26. The molecule has 20 heavy (non-hydrogen) atoms. The van der Waals surface area contributed by atoms with Crippen LogP contribution < -0.4 is 5.32 Å². The van der Waals surface area contributed by atoms with Crippen LogP contribution in [0.1, 0.15) is 84.0 Å². The topological polar surface area (TPSA) is 52.5 Å². The van der Waals surface area contributed by atoms with Crippen LogP contribution >= 0.6 is 12.4 Å². The van der Waals surface area contributed by atoms with Gasteiger partial charge in [-0.25, -0.2) is 0 Å². The first-order chi connectivity index (χ1) is 9.27. The molecule has 0 spiro atoms. The third-order valence-electron chi connectivity index (χ3n) is 3.53. The molecule has 0 aliphatic heterocycles. The minimum absolute atomic E-state index is 0. The van der Waals surface area contributed by atoms with Gasteiger partial charge in [0.15, 0.2) is 6.29 Å². The Morgan fingerprint density at radius 3 is 1.50 bits per heavy atom. The first kappa shape index (κ1) is 22.5. The summed E-state index contributed by atoms with van der Waals surface area (Å²) in [6.45, 7) is 3.45. The molecule has 0 atom stereocenters. The van der Waals surface area contributed by atoms with Gasteiger partial charge in [-0.05, 0) is 13.0 Å². The lowest BCUT2D eigenvalue weighted by atomic mass is 10.1. The molecule has 0 unspecified atom stereocenters. The molecule has 0 aromatic heterocycles. The van der Waals surface area contributed by atoms with Crippen molar-refractivity contribution in [1.29, 1.82) is 0 Å². The SMILES string of the molecule is CCCCCCCCCCCCCCNCC(O)O.Cl. The number of nitrogens with one attached hydrogen (secondary N) is 1. The summed E-state index contributed by atoms with van der Waals surface area (Å²) in [6, 6.07) is 0. The fraction of sp³-hybridized carbons (Fsp3) is 1.00. The minimum Gasteiger partial charge on any atom is -0.367 e. The highest BCUT2D eigenvalue weighted by molar-refractivity contribution is 5.85. The lowest BCUT2D eigenvalue weighted by molar-refractivity contribution is -0.0370. The van der Waals surface area contributed by atoms with Gasteiger partial charge in [-0.2, -0.15) is 0 Å². The van der Waals surface area contributed by atoms with Crippen LogP contribution in [-0.4, -0.2) is 29.6 Å². The van der Waals surface area contributed by atoms with Crippen LogP contribution in [0.3, 0.4) is 0 Å². The first-order valence-corrected chi connectivity index (χ1v) is 8.34. The van der Waals surface area contributed by atoms with Crippen LogP contribution in [0.5, 0.6) is 0 Å². The predicted molar refractivity (Wildman–Crippen MR) is 89.4 cm³/mol. The Morgan fingerprint density at radius 1 is 0.700 bits per heavy atom. The highest BCUT2D eigenvalue weighted by Crippen LogP contribution is 2.11. The molecular formula is C16H36ClNO2. The van der Waals surface area contributed by atoms with Crippen molar-refractivity contribution in [3.8, 4) is 0 Å². The summed E-state index contributed by atoms with van der Waals surface area (Å²) < 4.78 is 0. The molecule has 0 aromatic carbocycles. The quantitative estimate of drug-likeness (QED) is 0.316. The smallest absolute Gasteiger partial charge is 0.164 e. The van der Waals surface area contributed by atoms with Gasteiger partial charge in [-0.3, -0.25) is 0 Å². The molecule has 0 fully saturated rings. The van der Waals surface area contributed by atoms with Crippen LogP contribution in [0.2, 0.25) is 0 Å². The van der Waals surface area contributed by atoms with Gasteiger partial charge in [0.25, 0.3) is 0 Å². The molecule has 0 radical (unpaired) electrons. The predicted octanol–water partition coefficient (Wildman–Crippen LogP) is 4.01. The van der Waals surface area contributed by atoms with E-state index in [1.165, 1.54) is 70.6 Å². The molecule has 0 aliphatic carbocycles. The van der Waals surface area contributed by atoms with Gasteiger partial charge in [0.2, 0.25) is 0 Å². The summed E-state index contributed by atoms with van der Waals surface area (Å²) in [5, 5.41) is 20.3. The van der Waals surface area contributed by atoms with Crippen molar-refractivity contribution in [2.24, 2.45) is 0 Å². The van der Waals surface area contributed by atoms with Gasteiger partial charge in [0.05, 0.1) is 0 Å². The molecule has 0 rings (SSSR count). The number of hydrogen-bond acceptors (Lipinski definition) is 3. The Hall–Kier alpha value is 0.170. The van der Waals surface area contributed by atoms with Crippen molar-refractivity contribution < 1.29 is 10.2 Å². The van der Waals surface area contributed by atoms with E-state index in [4.69, 9.17) is 10.2 Å². The zero-order chi connectivity index (χ0) is 14.2. The Bertz CT molecular complexity index is 169. The van der Waals surface area contributed by atoms with Crippen LogP contribution in [0.4, 0.5) is 0 Å². The third kappa shape index (κ3) is 20.5. The average molecular weight is 310 g/mol. The molecule has 0 aromatic rings. The van der Waals surface area contributed by atoms with Gasteiger partial charge in [0, 0.05) is 6.54 Å². The maximum Gasteiger partial charge on any atom is 0.164 e. The Balaban J connectivity index is 0. The molecule has 0 aliphatic rings. The number of aliphatic hydroxyl groups is 2. The highest BCUT2D eigenvalue weighted by Gasteiger charge is 1.96. The zero-order valence-corrected chi connectivity index (χ0v) is 14.1. The summed E-state index contributed by atoms with van der Waals surface area (Å²) in [6.07, 6.45) is 15.1.